The van der Waals surface area contributed by atoms with Crippen molar-refractivity contribution in [1.29, 1.82) is 0 Å². The number of thiazole rings is 1. The Morgan fingerprint density at radius 1 is 1.21 bits per heavy atom. The Morgan fingerprint density at radius 3 is 2.64 bits per heavy atom. The maximum Gasteiger partial charge on any atom is 0.338 e. The lowest BCUT2D eigenvalue weighted by Crippen LogP contribution is -2.40. The molecule has 1 atom stereocenters. The molecule has 0 saturated heterocycles. The lowest BCUT2D eigenvalue weighted by atomic mass is 9.95. The molecule has 1 aliphatic rings. The highest BCUT2D eigenvalue weighted by Gasteiger charge is 2.35. The first-order chi connectivity index (χ1) is 15.9. The Labute approximate surface area is 206 Å². The van der Waals surface area contributed by atoms with Crippen molar-refractivity contribution in [3.8, 4) is 11.5 Å². The van der Waals surface area contributed by atoms with Gasteiger partial charge >= 0.3 is 5.97 Å². The van der Waals surface area contributed by atoms with Crippen LogP contribution < -0.4 is 24.4 Å². The van der Waals surface area contributed by atoms with Crippen LogP contribution in [0.5, 0.6) is 11.5 Å². The van der Waals surface area contributed by atoms with Crippen LogP contribution in [0.3, 0.4) is 0 Å². The molecule has 3 aromatic rings. The number of carbonyl (C=O) groups is 1. The molecule has 0 N–H and O–H groups in total. The molecular formula is C23H21BrN2O5S2. The molecule has 172 valence electrons. The van der Waals surface area contributed by atoms with Gasteiger partial charge in [0.05, 0.1) is 40.4 Å². The summed E-state index contributed by atoms with van der Waals surface area (Å²) in [7, 11) is 3.10. The van der Waals surface area contributed by atoms with Crippen molar-refractivity contribution in [3.63, 3.8) is 0 Å². The van der Waals surface area contributed by atoms with Gasteiger partial charge in [-0.2, -0.15) is 0 Å². The molecule has 0 bridgehead atoms. The zero-order chi connectivity index (χ0) is 23.7. The summed E-state index contributed by atoms with van der Waals surface area (Å²) in [5.74, 6) is 0.577. The van der Waals surface area contributed by atoms with Gasteiger partial charge in [0.15, 0.2) is 4.80 Å². The molecule has 0 spiro atoms. The number of allylic oxidation sites excluding steroid dienone is 1. The summed E-state index contributed by atoms with van der Waals surface area (Å²) in [6.45, 7) is 3.69. The fourth-order valence-electron chi connectivity index (χ4n) is 3.67. The molecule has 7 nitrogen and oxygen atoms in total. The first kappa shape index (κ1) is 23.5. The first-order valence-corrected chi connectivity index (χ1v) is 12.5. The number of aromatic nitrogens is 1. The van der Waals surface area contributed by atoms with Gasteiger partial charge in [0.2, 0.25) is 0 Å². The Bertz CT molecular complexity index is 1430. The summed E-state index contributed by atoms with van der Waals surface area (Å²) >= 11 is 6.26. The minimum Gasteiger partial charge on any atom is -0.497 e. The summed E-state index contributed by atoms with van der Waals surface area (Å²) in [4.78, 5) is 32.7. The van der Waals surface area contributed by atoms with E-state index in [0.717, 1.165) is 8.66 Å². The molecule has 0 unspecified atom stereocenters. The van der Waals surface area contributed by atoms with Gasteiger partial charge < -0.3 is 14.2 Å². The second-order valence-electron chi connectivity index (χ2n) is 7.05. The Kier molecular flexibility index (Phi) is 6.87. The van der Waals surface area contributed by atoms with Crippen molar-refractivity contribution in [2.24, 2.45) is 4.99 Å². The molecule has 1 aromatic carbocycles. The smallest absolute Gasteiger partial charge is 0.338 e. The van der Waals surface area contributed by atoms with Crippen LogP contribution in [0, 0.1) is 0 Å². The van der Waals surface area contributed by atoms with E-state index < -0.39 is 12.0 Å². The number of thiophene rings is 1. The molecule has 0 amide bonds. The normalized spacial score (nSPS) is 15.8. The number of carbonyl (C=O) groups excluding carboxylic acids is 1. The van der Waals surface area contributed by atoms with Gasteiger partial charge in [0.1, 0.15) is 17.5 Å². The lowest BCUT2D eigenvalue weighted by Gasteiger charge is -2.26. The molecule has 0 radical (unpaired) electrons. The topological polar surface area (TPSA) is 79.1 Å². The van der Waals surface area contributed by atoms with Gasteiger partial charge in [-0.1, -0.05) is 11.3 Å². The standard InChI is InChI=1S/C23H21BrN2O5S2/c1-5-31-22(28)19-12(2)25-23-26(20(19)15-10-13(29-3)6-8-16(15)30-4)21(27)17(33-23)11-14-7-9-18(24)32-14/h6-11,20H,5H2,1-4H3/t20-/m0/s1. The number of benzene rings is 1. The minimum absolute atomic E-state index is 0.204. The highest BCUT2D eigenvalue weighted by atomic mass is 79.9. The van der Waals surface area contributed by atoms with E-state index in [9.17, 15) is 9.59 Å². The number of nitrogens with zero attached hydrogens (tertiary/aromatic N) is 2. The first-order valence-electron chi connectivity index (χ1n) is 10.0. The summed E-state index contributed by atoms with van der Waals surface area (Å²) in [6, 6.07) is 8.38. The maximum absolute atomic E-state index is 13.6. The zero-order valence-electron chi connectivity index (χ0n) is 18.4. The number of methoxy groups -OCH3 is 2. The number of halogens is 1. The maximum atomic E-state index is 13.6. The van der Waals surface area contributed by atoms with Crippen LogP contribution in [-0.2, 0) is 9.53 Å². The number of fused-ring (bicyclic) bond motifs is 1. The van der Waals surface area contributed by atoms with Crippen LogP contribution in [0.25, 0.3) is 6.08 Å². The van der Waals surface area contributed by atoms with Crippen molar-refractivity contribution < 1.29 is 19.0 Å². The third-order valence-electron chi connectivity index (χ3n) is 5.12. The molecular weight excluding hydrogens is 528 g/mol. The van der Waals surface area contributed by atoms with E-state index in [1.807, 2.05) is 18.2 Å². The predicted octanol–water partition coefficient (Wildman–Crippen LogP) is 3.64. The third kappa shape index (κ3) is 4.42. The van der Waals surface area contributed by atoms with Crippen molar-refractivity contribution in [1.82, 2.24) is 4.57 Å². The lowest BCUT2D eigenvalue weighted by molar-refractivity contribution is -0.139. The van der Waals surface area contributed by atoms with E-state index in [1.54, 1.807) is 46.3 Å². The Hall–Kier alpha value is -2.69. The van der Waals surface area contributed by atoms with Crippen LogP contribution in [0.15, 0.2) is 55.2 Å². The van der Waals surface area contributed by atoms with E-state index >= 15 is 0 Å². The van der Waals surface area contributed by atoms with E-state index in [4.69, 9.17) is 14.2 Å². The summed E-state index contributed by atoms with van der Waals surface area (Å²) < 4.78 is 19.4. The molecule has 1 aliphatic heterocycles. The quantitative estimate of drug-likeness (QED) is 0.439. The monoisotopic (exact) mass is 548 g/mol. The fraction of sp³-hybridized carbons (Fsp3) is 0.261. The van der Waals surface area contributed by atoms with Crippen molar-refractivity contribution in [2.75, 3.05) is 20.8 Å². The second kappa shape index (κ2) is 9.66. The molecule has 4 rings (SSSR count). The molecule has 3 heterocycles. The van der Waals surface area contributed by atoms with E-state index in [-0.39, 0.29) is 12.2 Å². The summed E-state index contributed by atoms with van der Waals surface area (Å²) in [5.41, 5.74) is 1.16. The van der Waals surface area contributed by atoms with Gasteiger partial charge in [-0.25, -0.2) is 9.79 Å². The molecule has 0 saturated carbocycles. The highest BCUT2D eigenvalue weighted by Crippen LogP contribution is 2.37. The number of esters is 1. The van der Waals surface area contributed by atoms with Gasteiger partial charge in [-0.3, -0.25) is 9.36 Å². The predicted molar refractivity (Wildman–Crippen MR) is 132 cm³/mol. The largest absolute Gasteiger partial charge is 0.497 e. The van der Waals surface area contributed by atoms with Crippen LogP contribution in [0.4, 0.5) is 0 Å². The third-order valence-corrected chi connectivity index (χ3v) is 7.67. The SMILES string of the molecule is CCOC(=O)C1=C(C)N=c2sc(=Cc3ccc(Br)s3)c(=O)n2[C@H]1c1cc(OC)ccc1OC. The Morgan fingerprint density at radius 2 is 2.00 bits per heavy atom. The molecule has 10 heteroatoms. The minimum atomic E-state index is -0.775. The Balaban J connectivity index is 2.02. The highest BCUT2D eigenvalue weighted by molar-refractivity contribution is 9.11. The summed E-state index contributed by atoms with van der Waals surface area (Å²) in [5, 5.41) is 0. The van der Waals surface area contributed by atoms with Crippen molar-refractivity contribution >= 4 is 50.6 Å². The fourth-order valence-corrected chi connectivity index (χ4v) is 6.15. The number of ether oxygens (including phenoxy) is 3. The van der Waals surface area contributed by atoms with Crippen LogP contribution >= 0.6 is 38.6 Å². The number of rotatable bonds is 6. The molecule has 2 aromatic heterocycles. The van der Waals surface area contributed by atoms with Crippen molar-refractivity contribution in [3.05, 3.63) is 75.5 Å². The van der Waals surface area contributed by atoms with E-state index in [0.29, 0.717) is 37.7 Å². The summed E-state index contributed by atoms with van der Waals surface area (Å²) in [6.07, 6.45) is 1.84. The van der Waals surface area contributed by atoms with Crippen molar-refractivity contribution in [2.45, 2.75) is 19.9 Å². The second-order valence-corrected chi connectivity index (χ2v) is 10.6. The average molecular weight is 549 g/mol. The van der Waals surface area contributed by atoms with Gasteiger partial charge in [-0.05, 0) is 66.2 Å². The van der Waals surface area contributed by atoms with E-state index in [1.165, 1.54) is 27.2 Å². The van der Waals surface area contributed by atoms with Crippen LogP contribution in [-0.4, -0.2) is 31.4 Å². The van der Waals surface area contributed by atoms with Gasteiger partial charge in [0, 0.05) is 10.4 Å². The van der Waals surface area contributed by atoms with Crippen LogP contribution in [0.2, 0.25) is 0 Å². The number of hydrogen-bond acceptors (Lipinski definition) is 8. The molecule has 0 aliphatic carbocycles. The average Bonchev–Trinajstić information content (AvgIpc) is 3.34. The van der Waals surface area contributed by atoms with Crippen LogP contribution in [0.1, 0.15) is 30.3 Å². The van der Waals surface area contributed by atoms with Gasteiger partial charge in [0.25, 0.3) is 5.56 Å². The van der Waals surface area contributed by atoms with Gasteiger partial charge in [-0.15, -0.1) is 11.3 Å². The van der Waals surface area contributed by atoms with E-state index in [2.05, 4.69) is 20.9 Å². The number of hydrogen-bond donors (Lipinski definition) is 0. The zero-order valence-corrected chi connectivity index (χ0v) is 21.6. The molecule has 33 heavy (non-hydrogen) atoms. The molecule has 0 fully saturated rings.